The molecule has 2 amide bonds. The van der Waals surface area contributed by atoms with Gasteiger partial charge in [-0.05, 0) is 36.8 Å². The number of aromatic nitrogens is 2. The van der Waals surface area contributed by atoms with Gasteiger partial charge in [0.25, 0.3) is 0 Å². The molecule has 146 valence electrons. The molecule has 0 aliphatic heterocycles. The molecule has 0 radical (unpaired) electrons. The highest BCUT2D eigenvalue weighted by Crippen LogP contribution is 2.28. The van der Waals surface area contributed by atoms with Crippen LogP contribution in [-0.4, -0.2) is 30.2 Å². The van der Waals surface area contributed by atoms with E-state index in [-0.39, 0.29) is 6.03 Å². The lowest BCUT2D eigenvalue weighted by Crippen LogP contribution is -2.34. The van der Waals surface area contributed by atoms with Crippen molar-refractivity contribution in [1.29, 1.82) is 0 Å². The van der Waals surface area contributed by atoms with E-state index in [9.17, 15) is 4.79 Å². The van der Waals surface area contributed by atoms with E-state index < -0.39 is 0 Å². The molecular weight excluding hydrogens is 376 g/mol. The Hall–Kier alpha value is -3.13. The summed E-state index contributed by atoms with van der Waals surface area (Å²) < 4.78 is 10.5. The van der Waals surface area contributed by atoms with Gasteiger partial charge in [-0.1, -0.05) is 6.07 Å². The van der Waals surface area contributed by atoms with Gasteiger partial charge in [0, 0.05) is 29.4 Å². The number of nitrogens with one attached hydrogen (secondary N) is 2. The molecule has 1 aromatic carbocycles. The minimum Gasteiger partial charge on any atom is -0.493 e. The van der Waals surface area contributed by atoms with Crippen LogP contribution >= 0.6 is 11.3 Å². The molecule has 0 atom stereocenters. The predicted molar refractivity (Wildman–Crippen MR) is 109 cm³/mol. The van der Waals surface area contributed by atoms with Crippen LogP contribution in [0.25, 0.3) is 10.6 Å². The average molecular weight is 398 g/mol. The molecule has 0 unspecified atom stereocenters. The van der Waals surface area contributed by atoms with E-state index in [0.717, 1.165) is 26.7 Å². The monoisotopic (exact) mass is 398 g/mol. The van der Waals surface area contributed by atoms with E-state index >= 15 is 0 Å². The van der Waals surface area contributed by atoms with Gasteiger partial charge in [0.1, 0.15) is 5.01 Å². The van der Waals surface area contributed by atoms with E-state index in [1.54, 1.807) is 38.0 Å². The van der Waals surface area contributed by atoms with Crippen molar-refractivity contribution in [3.05, 3.63) is 58.9 Å². The van der Waals surface area contributed by atoms with Crippen LogP contribution in [0.3, 0.4) is 0 Å². The first-order chi connectivity index (χ1) is 13.6. The molecular formula is C20H22N4O3S. The third-order valence-corrected chi connectivity index (χ3v) is 5.32. The van der Waals surface area contributed by atoms with Gasteiger partial charge in [0.2, 0.25) is 0 Å². The Bertz CT molecular complexity index is 944. The summed E-state index contributed by atoms with van der Waals surface area (Å²) in [4.78, 5) is 21.9. The van der Waals surface area contributed by atoms with Gasteiger partial charge >= 0.3 is 6.03 Å². The van der Waals surface area contributed by atoms with Crippen LogP contribution < -0.4 is 20.1 Å². The number of hydrogen-bond acceptors (Lipinski definition) is 6. The van der Waals surface area contributed by atoms with Gasteiger partial charge in [0.15, 0.2) is 11.5 Å². The lowest BCUT2D eigenvalue weighted by molar-refractivity contribution is 0.240. The van der Waals surface area contributed by atoms with Gasteiger partial charge in [-0.25, -0.2) is 9.78 Å². The zero-order chi connectivity index (χ0) is 19.9. The predicted octanol–water partition coefficient (Wildman–Crippen LogP) is 3.53. The number of nitrogens with zero attached hydrogens (tertiary/aromatic N) is 2. The second-order valence-electron chi connectivity index (χ2n) is 5.99. The summed E-state index contributed by atoms with van der Waals surface area (Å²) in [7, 11) is 3.17. The summed E-state index contributed by atoms with van der Waals surface area (Å²) in [6.07, 6.45) is 3.51. The van der Waals surface area contributed by atoms with Crippen LogP contribution in [0.2, 0.25) is 0 Å². The molecule has 0 fully saturated rings. The Morgan fingerprint density at radius 3 is 2.61 bits per heavy atom. The van der Waals surface area contributed by atoms with E-state index in [4.69, 9.17) is 9.47 Å². The Morgan fingerprint density at radius 1 is 1.11 bits per heavy atom. The first-order valence-corrected chi connectivity index (χ1v) is 9.51. The average Bonchev–Trinajstić information content (AvgIpc) is 3.11. The lowest BCUT2D eigenvalue weighted by atomic mass is 10.2. The Labute approximate surface area is 167 Å². The van der Waals surface area contributed by atoms with Gasteiger partial charge < -0.3 is 20.1 Å². The number of carbonyl (C=O) groups excluding carboxylic acids is 1. The molecule has 0 spiro atoms. The molecule has 0 saturated carbocycles. The second kappa shape index (κ2) is 9.18. The van der Waals surface area contributed by atoms with Gasteiger partial charge in [-0.2, -0.15) is 0 Å². The largest absolute Gasteiger partial charge is 0.493 e. The first-order valence-electron chi connectivity index (χ1n) is 8.70. The van der Waals surface area contributed by atoms with Gasteiger partial charge in [0.05, 0.1) is 26.5 Å². The van der Waals surface area contributed by atoms with Gasteiger partial charge in [-0.3, -0.25) is 4.98 Å². The number of ether oxygens (including phenoxy) is 2. The molecule has 28 heavy (non-hydrogen) atoms. The summed E-state index contributed by atoms with van der Waals surface area (Å²) in [5.41, 5.74) is 2.80. The molecule has 8 heteroatoms. The Morgan fingerprint density at radius 2 is 1.89 bits per heavy atom. The van der Waals surface area contributed by atoms with Crippen molar-refractivity contribution in [3.63, 3.8) is 0 Å². The SMILES string of the molecule is COc1ccc(CNC(=O)NCc2sc(-c3cccnc3)nc2C)cc1OC. The lowest BCUT2D eigenvalue weighted by Gasteiger charge is -2.11. The molecule has 0 bridgehead atoms. The number of amides is 2. The maximum absolute atomic E-state index is 12.2. The number of methoxy groups -OCH3 is 2. The Balaban J connectivity index is 1.54. The zero-order valence-corrected chi connectivity index (χ0v) is 16.8. The highest BCUT2D eigenvalue weighted by Gasteiger charge is 2.11. The first kappa shape index (κ1) is 19.6. The summed E-state index contributed by atoms with van der Waals surface area (Å²) in [5.74, 6) is 1.28. The fraction of sp³-hybridized carbons (Fsp3) is 0.250. The quantitative estimate of drug-likeness (QED) is 0.636. The van der Waals surface area contributed by atoms with Crippen LogP contribution in [0.4, 0.5) is 4.79 Å². The topological polar surface area (TPSA) is 85.4 Å². The van der Waals surface area contributed by atoms with Crippen LogP contribution in [0.15, 0.2) is 42.7 Å². The van der Waals surface area contributed by atoms with Crippen molar-refractivity contribution in [2.24, 2.45) is 0 Å². The fourth-order valence-corrected chi connectivity index (χ4v) is 3.59. The number of carbonyl (C=O) groups is 1. The molecule has 7 nitrogen and oxygen atoms in total. The molecule has 0 aliphatic carbocycles. The summed E-state index contributed by atoms with van der Waals surface area (Å²) in [5, 5.41) is 6.61. The Kier molecular flexibility index (Phi) is 6.44. The number of rotatable bonds is 7. The molecule has 2 N–H and O–H groups in total. The molecule has 2 heterocycles. The smallest absolute Gasteiger partial charge is 0.315 e. The highest BCUT2D eigenvalue weighted by molar-refractivity contribution is 7.15. The van der Waals surface area contributed by atoms with E-state index in [1.807, 2.05) is 37.3 Å². The third-order valence-electron chi connectivity index (χ3n) is 4.11. The van der Waals surface area contributed by atoms with Crippen LogP contribution in [0.5, 0.6) is 11.5 Å². The second-order valence-corrected chi connectivity index (χ2v) is 7.08. The number of pyridine rings is 1. The number of urea groups is 1. The van der Waals surface area contributed by atoms with Crippen LogP contribution in [-0.2, 0) is 13.1 Å². The van der Waals surface area contributed by atoms with Gasteiger partial charge in [-0.15, -0.1) is 11.3 Å². The van der Waals surface area contributed by atoms with Crippen LogP contribution in [0, 0.1) is 6.92 Å². The minimum absolute atomic E-state index is 0.245. The minimum atomic E-state index is -0.245. The highest BCUT2D eigenvalue weighted by atomic mass is 32.1. The van der Waals surface area contributed by atoms with Crippen molar-refractivity contribution in [2.45, 2.75) is 20.0 Å². The van der Waals surface area contributed by atoms with E-state index in [1.165, 1.54) is 0 Å². The standard InChI is InChI=1S/C20H22N4O3S/c1-13-18(28-19(24-13)15-5-4-8-21-11-15)12-23-20(25)22-10-14-6-7-16(26-2)17(9-14)27-3/h4-9,11H,10,12H2,1-3H3,(H2,22,23,25). The van der Waals surface area contributed by atoms with Crippen molar-refractivity contribution in [1.82, 2.24) is 20.6 Å². The maximum Gasteiger partial charge on any atom is 0.315 e. The summed E-state index contributed by atoms with van der Waals surface area (Å²) >= 11 is 1.55. The van der Waals surface area contributed by atoms with Crippen molar-refractivity contribution in [3.8, 4) is 22.1 Å². The number of aryl methyl sites for hydroxylation is 1. The van der Waals surface area contributed by atoms with Crippen molar-refractivity contribution < 1.29 is 14.3 Å². The van der Waals surface area contributed by atoms with E-state index in [2.05, 4.69) is 20.6 Å². The summed E-state index contributed by atoms with van der Waals surface area (Å²) in [6, 6.07) is 9.14. The molecule has 3 rings (SSSR count). The molecule has 2 aromatic heterocycles. The zero-order valence-electron chi connectivity index (χ0n) is 16.0. The molecule has 0 saturated heterocycles. The molecule has 0 aliphatic rings. The maximum atomic E-state index is 12.2. The van der Waals surface area contributed by atoms with Crippen LogP contribution in [0.1, 0.15) is 16.1 Å². The number of benzene rings is 1. The van der Waals surface area contributed by atoms with Crippen molar-refractivity contribution in [2.75, 3.05) is 14.2 Å². The number of hydrogen-bond donors (Lipinski definition) is 2. The third kappa shape index (κ3) is 4.77. The van der Waals surface area contributed by atoms with Crippen molar-refractivity contribution >= 4 is 17.4 Å². The fourth-order valence-electron chi connectivity index (χ4n) is 2.60. The summed E-state index contributed by atoms with van der Waals surface area (Å²) in [6.45, 7) is 2.74. The normalized spacial score (nSPS) is 10.4. The molecule has 3 aromatic rings. The number of thiazole rings is 1. The van der Waals surface area contributed by atoms with E-state index in [0.29, 0.717) is 24.6 Å².